The Balaban J connectivity index is 1.63. The first-order valence-corrected chi connectivity index (χ1v) is 11.3. The van der Waals surface area contributed by atoms with E-state index in [9.17, 15) is 20.0 Å². The molecule has 0 radical (unpaired) electrons. The first-order valence-electron chi connectivity index (χ1n) is 11.3. The number of carbonyl (C=O) groups is 1. The first-order chi connectivity index (χ1) is 17.9. The van der Waals surface area contributed by atoms with Gasteiger partial charge in [-0.15, -0.1) is 5.10 Å². The number of rotatable bonds is 6. The number of nitrogens with zero attached hydrogens (tertiary/aromatic N) is 4. The Morgan fingerprint density at radius 2 is 1.92 bits per heavy atom. The predicted octanol–water partition coefficient (Wildman–Crippen LogP) is 4.50. The van der Waals surface area contributed by atoms with Crippen molar-refractivity contribution in [2.24, 2.45) is 0 Å². The lowest BCUT2D eigenvalue weighted by molar-refractivity contribution is -0.384. The highest BCUT2D eigenvalue weighted by Gasteiger charge is 2.35. The van der Waals surface area contributed by atoms with E-state index in [4.69, 9.17) is 4.74 Å². The van der Waals surface area contributed by atoms with E-state index in [0.29, 0.717) is 45.6 Å². The van der Waals surface area contributed by atoms with Crippen molar-refractivity contribution < 1.29 is 19.6 Å². The van der Waals surface area contributed by atoms with Crippen LogP contribution in [0.3, 0.4) is 0 Å². The normalized spacial score (nSPS) is 14.5. The Morgan fingerprint density at radius 3 is 2.68 bits per heavy atom. The number of aromatic hydroxyl groups is 1. The monoisotopic (exact) mass is 498 g/mol. The molecular formula is C26H22N6O5. The van der Waals surface area contributed by atoms with Crippen LogP contribution in [0.5, 0.6) is 11.5 Å². The summed E-state index contributed by atoms with van der Waals surface area (Å²) in [6.45, 7) is 1.73. The summed E-state index contributed by atoms with van der Waals surface area (Å²) >= 11 is 0. The van der Waals surface area contributed by atoms with E-state index in [1.807, 2.05) is 0 Å². The van der Waals surface area contributed by atoms with Gasteiger partial charge in [0.15, 0.2) is 5.82 Å². The summed E-state index contributed by atoms with van der Waals surface area (Å²) in [6.07, 6.45) is 0. The van der Waals surface area contributed by atoms with Gasteiger partial charge in [0.05, 0.1) is 23.3 Å². The Labute approximate surface area is 211 Å². The molecule has 5 rings (SSSR count). The third-order valence-corrected chi connectivity index (χ3v) is 5.95. The van der Waals surface area contributed by atoms with Crippen LogP contribution in [0.1, 0.15) is 18.5 Å². The van der Waals surface area contributed by atoms with Gasteiger partial charge in [-0.1, -0.05) is 36.4 Å². The molecule has 0 fully saturated rings. The number of nitrogens with one attached hydrogen (secondary N) is 2. The molecule has 1 aliphatic heterocycles. The average Bonchev–Trinajstić information content (AvgIpc) is 3.32. The second-order valence-corrected chi connectivity index (χ2v) is 8.33. The van der Waals surface area contributed by atoms with Crippen LogP contribution >= 0.6 is 0 Å². The Bertz CT molecular complexity index is 1560. The summed E-state index contributed by atoms with van der Waals surface area (Å²) in [5, 5.41) is 32.1. The molecule has 0 spiro atoms. The van der Waals surface area contributed by atoms with Crippen LogP contribution in [-0.2, 0) is 4.79 Å². The van der Waals surface area contributed by atoms with Gasteiger partial charge < -0.3 is 20.5 Å². The molecule has 0 saturated carbocycles. The Hall–Kier alpha value is -5.19. The quantitative estimate of drug-likeness (QED) is 0.260. The molecule has 1 aliphatic rings. The lowest BCUT2D eigenvalue weighted by Crippen LogP contribution is -2.31. The number of para-hydroxylation sites is 2. The summed E-state index contributed by atoms with van der Waals surface area (Å²) in [7, 11) is 1.51. The number of ether oxygens (including phenoxy) is 1. The van der Waals surface area contributed by atoms with E-state index < -0.39 is 16.9 Å². The van der Waals surface area contributed by atoms with E-state index in [1.165, 1.54) is 36.1 Å². The smallest absolute Gasteiger partial charge is 0.269 e. The molecule has 1 atom stereocenters. The fraction of sp³-hybridized carbons (Fsp3) is 0.115. The largest absolute Gasteiger partial charge is 0.508 e. The van der Waals surface area contributed by atoms with Crippen molar-refractivity contribution in [2.45, 2.75) is 13.0 Å². The molecule has 37 heavy (non-hydrogen) atoms. The van der Waals surface area contributed by atoms with E-state index in [1.54, 1.807) is 55.5 Å². The lowest BCUT2D eigenvalue weighted by atomic mass is 9.94. The number of benzene rings is 3. The lowest BCUT2D eigenvalue weighted by Gasteiger charge is -2.28. The Morgan fingerprint density at radius 1 is 1.14 bits per heavy atom. The van der Waals surface area contributed by atoms with Gasteiger partial charge in [-0.05, 0) is 36.8 Å². The van der Waals surface area contributed by atoms with Crippen LogP contribution in [0.4, 0.5) is 17.3 Å². The highest BCUT2D eigenvalue weighted by molar-refractivity contribution is 6.06. The maximum atomic E-state index is 13.7. The van der Waals surface area contributed by atoms with E-state index in [-0.39, 0.29) is 11.4 Å². The average molecular weight is 498 g/mol. The molecule has 2 heterocycles. The zero-order chi connectivity index (χ0) is 26.1. The van der Waals surface area contributed by atoms with Crippen LogP contribution in [0, 0.1) is 10.1 Å². The van der Waals surface area contributed by atoms with Gasteiger partial charge >= 0.3 is 0 Å². The van der Waals surface area contributed by atoms with Gasteiger partial charge in [0.2, 0.25) is 5.95 Å². The maximum Gasteiger partial charge on any atom is 0.269 e. The molecule has 0 saturated heterocycles. The minimum Gasteiger partial charge on any atom is -0.508 e. The van der Waals surface area contributed by atoms with Gasteiger partial charge in [0, 0.05) is 23.4 Å². The van der Waals surface area contributed by atoms with Crippen molar-refractivity contribution >= 4 is 23.2 Å². The number of aromatic nitrogens is 3. The molecular weight excluding hydrogens is 476 g/mol. The van der Waals surface area contributed by atoms with Crippen LogP contribution < -0.4 is 15.4 Å². The van der Waals surface area contributed by atoms with Crippen molar-refractivity contribution in [1.82, 2.24) is 14.8 Å². The minimum atomic E-state index is -0.829. The van der Waals surface area contributed by atoms with E-state index >= 15 is 0 Å². The molecule has 3 N–H and O–H groups in total. The van der Waals surface area contributed by atoms with Gasteiger partial charge in [-0.25, -0.2) is 4.68 Å². The number of non-ortho nitro benzene ring substituents is 1. The number of amides is 1. The van der Waals surface area contributed by atoms with E-state index in [2.05, 4.69) is 20.7 Å². The molecule has 11 nitrogen and oxygen atoms in total. The van der Waals surface area contributed by atoms with Crippen LogP contribution in [0.2, 0.25) is 0 Å². The number of fused-ring (bicyclic) bond motifs is 1. The molecule has 1 amide bonds. The SMILES string of the molecule is COc1ccccc1NC(=O)C1=C(C)Nc2nc(-c3cccc(O)c3)nn2C1c1cccc([N+](=O)[O-])c1. The number of allylic oxidation sites excluding steroid dienone is 1. The van der Waals surface area contributed by atoms with Gasteiger partial charge in [0.1, 0.15) is 17.5 Å². The number of anilines is 2. The van der Waals surface area contributed by atoms with Crippen LogP contribution in [0.25, 0.3) is 11.4 Å². The molecule has 1 unspecified atom stereocenters. The fourth-order valence-electron chi connectivity index (χ4n) is 4.27. The molecule has 0 bridgehead atoms. The van der Waals surface area contributed by atoms with Crippen molar-refractivity contribution in [2.75, 3.05) is 17.7 Å². The Kier molecular flexibility index (Phi) is 6.02. The topological polar surface area (TPSA) is 144 Å². The molecule has 0 aliphatic carbocycles. The molecule has 1 aromatic heterocycles. The number of hydrogen-bond acceptors (Lipinski definition) is 8. The fourth-order valence-corrected chi connectivity index (χ4v) is 4.27. The second-order valence-electron chi connectivity index (χ2n) is 8.33. The van der Waals surface area contributed by atoms with Crippen LogP contribution in [-0.4, -0.2) is 37.8 Å². The summed E-state index contributed by atoms with van der Waals surface area (Å²) in [5.41, 5.74) is 2.21. The first kappa shape index (κ1) is 23.5. The summed E-state index contributed by atoms with van der Waals surface area (Å²) in [6, 6.07) is 18.7. The summed E-state index contributed by atoms with van der Waals surface area (Å²) in [4.78, 5) is 29.3. The van der Waals surface area contributed by atoms with Crippen LogP contribution in [0.15, 0.2) is 84.1 Å². The molecule has 186 valence electrons. The van der Waals surface area contributed by atoms with Crippen molar-refractivity contribution in [1.29, 1.82) is 0 Å². The highest BCUT2D eigenvalue weighted by Crippen LogP contribution is 2.38. The minimum absolute atomic E-state index is 0.0552. The third-order valence-electron chi connectivity index (χ3n) is 5.95. The summed E-state index contributed by atoms with van der Waals surface area (Å²) in [5.74, 6) is 0.761. The molecule has 4 aromatic rings. The number of nitro groups is 1. The standard InChI is InChI=1S/C26H22N6O5/c1-15-22(25(34)28-20-11-3-4-12-21(20)37-2)23(16-7-5-9-18(13-16)32(35)36)31-26(27-15)29-24(30-31)17-8-6-10-19(33)14-17/h3-14,23,33H,1-2H3,(H,28,34)(H,27,29,30). The third kappa shape index (κ3) is 4.45. The molecule has 3 aromatic carbocycles. The number of phenols is 1. The van der Waals surface area contributed by atoms with Crippen molar-refractivity contribution in [3.63, 3.8) is 0 Å². The maximum absolute atomic E-state index is 13.7. The zero-order valence-corrected chi connectivity index (χ0v) is 19.9. The molecule has 11 heteroatoms. The number of carbonyl (C=O) groups excluding carboxylic acids is 1. The highest BCUT2D eigenvalue weighted by atomic mass is 16.6. The number of methoxy groups -OCH3 is 1. The van der Waals surface area contributed by atoms with Crippen molar-refractivity contribution in [3.8, 4) is 22.9 Å². The zero-order valence-electron chi connectivity index (χ0n) is 19.9. The number of nitro benzene ring substituents is 1. The number of phenolic OH excluding ortho intramolecular Hbond substituents is 1. The van der Waals surface area contributed by atoms with Gasteiger partial charge in [-0.2, -0.15) is 4.98 Å². The van der Waals surface area contributed by atoms with Crippen molar-refractivity contribution in [3.05, 3.63) is 99.7 Å². The van der Waals surface area contributed by atoms with E-state index in [0.717, 1.165) is 0 Å². The summed E-state index contributed by atoms with van der Waals surface area (Å²) < 4.78 is 6.88. The number of hydrogen-bond donors (Lipinski definition) is 3. The van der Waals surface area contributed by atoms with Gasteiger partial charge in [-0.3, -0.25) is 14.9 Å². The predicted molar refractivity (Wildman–Crippen MR) is 136 cm³/mol. The van der Waals surface area contributed by atoms with Gasteiger partial charge in [0.25, 0.3) is 11.6 Å². The second kappa shape index (κ2) is 9.46.